The standard InChI is InChI=1S/C25H26N3O/c1-15-7-8-19-20-10-18(13-26)14-27-24(20)29-23(19)22(15)21-11-17(12-25(3,4)5)9-16(2)28(21)6/h7-11,14H,12H2,1-6H3/q+1/i9D,11D,12D2. The highest BCUT2D eigenvalue weighted by Crippen LogP contribution is 2.37. The fourth-order valence-corrected chi connectivity index (χ4v) is 3.51. The van der Waals surface area contributed by atoms with Crippen LogP contribution in [0.1, 0.15) is 48.6 Å². The van der Waals surface area contributed by atoms with Crippen molar-refractivity contribution in [3.8, 4) is 17.3 Å². The number of aromatic nitrogens is 2. The van der Waals surface area contributed by atoms with Gasteiger partial charge in [-0.25, -0.2) is 4.98 Å². The summed E-state index contributed by atoms with van der Waals surface area (Å²) in [6, 6.07) is 7.66. The molecule has 0 saturated heterocycles. The Labute approximate surface area is 177 Å². The van der Waals surface area contributed by atoms with E-state index in [9.17, 15) is 5.26 Å². The summed E-state index contributed by atoms with van der Waals surface area (Å²) < 4.78 is 43.3. The average Bonchev–Trinajstić information content (AvgIpc) is 3.10. The highest BCUT2D eigenvalue weighted by atomic mass is 16.3. The summed E-state index contributed by atoms with van der Waals surface area (Å²) in [5.41, 5.74) is 3.14. The number of hydrogen-bond acceptors (Lipinski definition) is 3. The van der Waals surface area contributed by atoms with Gasteiger partial charge in [0, 0.05) is 38.7 Å². The van der Waals surface area contributed by atoms with Crippen molar-refractivity contribution in [2.24, 2.45) is 12.5 Å². The third-order valence-electron chi connectivity index (χ3n) is 4.96. The number of pyridine rings is 2. The van der Waals surface area contributed by atoms with Crippen LogP contribution in [0, 0.1) is 30.6 Å². The lowest BCUT2D eigenvalue weighted by Gasteiger charge is -2.18. The maximum absolute atomic E-state index is 9.28. The van der Waals surface area contributed by atoms with E-state index >= 15 is 0 Å². The van der Waals surface area contributed by atoms with Crippen molar-refractivity contribution >= 4 is 22.1 Å². The number of nitriles is 1. The first-order valence-corrected chi connectivity index (χ1v) is 9.53. The Hall–Kier alpha value is -3.19. The molecule has 0 bridgehead atoms. The molecule has 0 aliphatic rings. The van der Waals surface area contributed by atoms with E-state index in [4.69, 9.17) is 9.90 Å². The number of hydrogen-bond donors (Lipinski definition) is 0. The number of fused-ring (bicyclic) bond motifs is 3. The molecule has 0 aliphatic heterocycles. The largest absolute Gasteiger partial charge is 0.437 e. The molecule has 4 heteroatoms. The lowest BCUT2D eigenvalue weighted by atomic mass is 9.87. The summed E-state index contributed by atoms with van der Waals surface area (Å²) in [4.78, 5) is 4.29. The van der Waals surface area contributed by atoms with Crippen molar-refractivity contribution in [1.29, 1.82) is 5.26 Å². The van der Waals surface area contributed by atoms with Crippen LogP contribution in [0.2, 0.25) is 0 Å². The Kier molecular flexibility index (Phi) is 3.41. The molecule has 3 heterocycles. The molecule has 4 nitrogen and oxygen atoms in total. The normalized spacial score (nSPS) is 14.4. The van der Waals surface area contributed by atoms with Crippen molar-refractivity contribution in [3.63, 3.8) is 0 Å². The molecule has 0 radical (unpaired) electrons. The van der Waals surface area contributed by atoms with Crippen LogP contribution in [0.4, 0.5) is 0 Å². The van der Waals surface area contributed by atoms with Gasteiger partial charge >= 0.3 is 0 Å². The van der Waals surface area contributed by atoms with E-state index in [1.54, 1.807) is 45.4 Å². The second kappa shape index (κ2) is 6.70. The van der Waals surface area contributed by atoms with Crippen LogP contribution < -0.4 is 4.57 Å². The van der Waals surface area contributed by atoms with Crippen LogP contribution in [0.5, 0.6) is 0 Å². The van der Waals surface area contributed by atoms with Gasteiger partial charge in [-0.05, 0) is 35.9 Å². The van der Waals surface area contributed by atoms with E-state index in [2.05, 4.69) is 11.1 Å². The van der Waals surface area contributed by atoms with Crippen molar-refractivity contribution < 1.29 is 14.5 Å². The molecule has 0 N–H and O–H groups in total. The predicted octanol–water partition coefficient (Wildman–Crippen LogP) is 5.55. The molecule has 0 amide bonds. The van der Waals surface area contributed by atoms with Gasteiger partial charge in [0.05, 0.1) is 13.9 Å². The van der Waals surface area contributed by atoms with E-state index in [0.29, 0.717) is 39.2 Å². The highest BCUT2D eigenvalue weighted by Gasteiger charge is 2.24. The maximum Gasteiger partial charge on any atom is 0.227 e. The molecular weight excluding hydrogens is 358 g/mol. The van der Waals surface area contributed by atoms with Gasteiger partial charge in [-0.2, -0.15) is 9.83 Å². The zero-order valence-corrected chi connectivity index (χ0v) is 17.6. The third-order valence-corrected chi connectivity index (χ3v) is 4.96. The van der Waals surface area contributed by atoms with E-state index in [1.807, 2.05) is 19.1 Å². The molecule has 0 spiro atoms. The lowest BCUT2D eigenvalue weighted by Crippen LogP contribution is -2.35. The van der Waals surface area contributed by atoms with Gasteiger partial charge in [-0.1, -0.05) is 32.9 Å². The third kappa shape index (κ3) is 3.38. The molecule has 4 aromatic rings. The van der Waals surface area contributed by atoms with Gasteiger partial charge < -0.3 is 4.42 Å². The molecule has 0 unspecified atom stereocenters. The molecule has 1 aromatic carbocycles. The van der Waals surface area contributed by atoms with Crippen LogP contribution >= 0.6 is 0 Å². The zero-order chi connectivity index (χ0) is 24.5. The Balaban J connectivity index is 2.17. The maximum atomic E-state index is 9.28. The van der Waals surface area contributed by atoms with Gasteiger partial charge in [-0.15, -0.1) is 0 Å². The smallest absolute Gasteiger partial charge is 0.227 e. The van der Waals surface area contributed by atoms with Crippen LogP contribution in [-0.4, -0.2) is 4.98 Å². The predicted molar refractivity (Wildman–Crippen MR) is 115 cm³/mol. The van der Waals surface area contributed by atoms with Gasteiger partial charge in [0.25, 0.3) is 0 Å². The number of aryl methyl sites for hydroxylation is 1. The van der Waals surface area contributed by atoms with Crippen LogP contribution in [0.25, 0.3) is 33.3 Å². The van der Waals surface area contributed by atoms with Gasteiger partial charge in [0.15, 0.2) is 11.3 Å². The molecule has 0 fully saturated rings. The van der Waals surface area contributed by atoms with E-state index in [-0.39, 0.29) is 17.6 Å². The Morgan fingerprint density at radius 3 is 2.69 bits per heavy atom. The average molecular weight is 389 g/mol. The van der Waals surface area contributed by atoms with Gasteiger partial charge in [0.2, 0.25) is 11.4 Å². The minimum Gasteiger partial charge on any atom is -0.437 e. The van der Waals surface area contributed by atoms with Crippen molar-refractivity contribution in [1.82, 2.24) is 4.98 Å². The molecule has 0 aliphatic carbocycles. The molecule has 0 saturated carbocycles. The summed E-state index contributed by atoms with van der Waals surface area (Å²) in [5.74, 6) is 0. The van der Waals surface area contributed by atoms with E-state index in [1.165, 1.54) is 6.20 Å². The van der Waals surface area contributed by atoms with E-state index in [0.717, 1.165) is 10.9 Å². The van der Waals surface area contributed by atoms with Crippen LogP contribution in [-0.2, 0) is 13.4 Å². The minimum absolute atomic E-state index is 0.0286. The summed E-state index contributed by atoms with van der Waals surface area (Å²) in [6.45, 7) is 9.01. The molecule has 29 heavy (non-hydrogen) atoms. The number of furan rings is 1. The van der Waals surface area contributed by atoms with Crippen molar-refractivity contribution in [3.05, 3.63) is 58.9 Å². The summed E-state index contributed by atoms with van der Waals surface area (Å²) in [5, 5.41) is 10.8. The molecular formula is C25H26N3O+. The second-order valence-corrected chi connectivity index (χ2v) is 8.42. The van der Waals surface area contributed by atoms with E-state index < -0.39 is 11.8 Å². The fraction of sp³-hybridized carbons (Fsp3) is 0.320. The fourth-order valence-electron chi connectivity index (χ4n) is 3.51. The first kappa shape index (κ1) is 14.8. The van der Waals surface area contributed by atoms with Gasteiger partial charge in [-0.3, -0.25) is 0 Å². The molecule has 4 rings (SSSR count). The highest BCUT2D eigenvalue weighted by molar-refractivity contribution is 6.09. The minimum atomic E-state index is -1.91. The summed E-state index contributed by atoms with van der Waals surface area (Å²) >= 11 is 0. The lowest BCUT2D eigenvalue weighted by molar-refractivity contribution is -0.666. The first-order chi connectivity index (χ1) is 15.3. The zero-order valence-electron chi connectivity index (χ0n) is 21.6. The van der Waals surface area contributed by atoms with Crippen LogP contribution in [0.3, 0.4) is 0 Å². The van der Waals surface area contributed by atoms with Crippen molar-refractivity contribution in [2.75, 3.05) is 0 Å². The molecule has 0 atom stereocenters. The van der Waals surface area contributed by atoms with Crippen molar-refractivity contribution in [2.45, 2.75) is 41.0 Å². The number of benzene rings is 1. The summed E-state index contributed by atoms with van der Waals surface area (Å²) in [6.07, 6.45) is -0.448. The number of rotatable bonds is 2. The van der Waals surface area contributed by atoms with Crippen LogP contribution in [0.15, 0.2) is 40.9 Å². The SMILES string of the molecule is [2H]c1c(C([2H])([2H])C(C)(C)C)c([2H])c(-c2c(C)ccc3c2oc2ncc(C#N)cc23)[n+](C)c1C. The first-order valence-electron chi connectivity index (χ1n) is 11.5. The number of nitrogens with zero attached hydrogens (tertiary/aromatic N) is 3. The summed E-state index contributed by atoms with van der Waals surface area (Å²) in [7, 11) is 1.78. The molecule has 3 aromatic heterocycles. The Bertz CT molecular complexity index is 1490. The topological polar surface area (TPSA) is 53.7 Å². The van der Waals surface area contributed by atoms with Gasteiger partial charge in [0.1, 0.15) is 13.1 Å². The Morgan fingerprint density at radius 1 is 1.24 bits per heavy atom. The second-order valence-electron chi connectivity index (χ2n) is 8.42. The molecule has 146 valence electrons. The monoisotopic (exact) mass is 388 g/mol. The Morgan fingerprint density at radius 2 is 2.00 bits per heavy atom. The quantitative estimate of drug-likeness (QED) is 0.423.